The minimum atomic E-state index is 0.686. The molecule has 1 aliphatic heterocycles. The average Bonchev–Trinajstić information content (AvgIpc) is 2.96. The molecular weight excluding hydrogens is 244 g/mol. The van der Waals surface area contributed by atoms with Crippen molar-refractivity contribution in [2.75, 3.05) is 23.3 Å². The smallest absolute Gasteiger partial charge is 0.0602 e. The van der Waals surface area contributed by atoms with Gasteiger partial charge in [0.15, 0.2) is 0 Å². The molecule has 0 aromatic heterocycles. The van der Waals surface area contributed by atoms with Crippen LogP contribution in [0.5, 0.6) is 0 Å². The highest BCUT2D eigenvalue weighted by Gasteiger charge is 2.24. The molecule has 1 aromatic rings. The second-order valence-electron chi connectivity index (χ2n) is 6.49. The fraction of sp³-hybridized carbons (Fsp3) is 0.667. The molecule has 3 rings (SSSR count). The van der Waals surface area contributed by atoms with Crippen molar-refractivity contribution >= 4 is 11.4 Å². The van der Waals surface area contributed by atoms with Crippen molar-refractivity contribution in [3.05, 3.63) is 24.3 Å². The fourth-order valence-electron chi connectivity index (χ4n) is 3.80. The summed E-state index contributed by atoms with van der Waals surface area (Å²) in [7, 11) is 0. The number of benzene rings is 1. The maximum Gasteiger partial charge on any atom is 0.0602 e. The van der Waals surface area contributed by atoms with Crippen molar-refractivity contribution in [2.24, 2.45) is 5.92 Å². The molecule has 1 heterocycles. The van der Waals surface area contributed by atoms with Crippen LogP contribution in [-0.4, -0.2) is 19.1 Å². The lowest BCUT2D eigenvalue weighted by Crippen LogP contribution is -2.30. The van der Waals surface area contributed by atoms with Crippen LogP contribution in [0.3, 0.4) is 0 Å². The van der Waals surface area contributed by atoms with Gasteiger partial charge in [-0.3, -0.25) is 0 Å². The second kappa shape index (κ2) is 6.51. The number of nitrogens with one attached hydrogen (secondary N) is 1. The zero-order chi connectivity index (χ0) is 13.8. The van der Waals surface area contributed by atoms with Crippen LogP contribution in [0.2, 0.25) is 0 Å². The minimum absolute atomic E-state index is 0.686. The molecule has 1 aromatic carbocycles. The van der Waals surface area contributed by atoms with E-state index in [1.54, 1.807) is 0 Å². The van der Waals surface area contributed by atoms with Crippen molar-refractivity contribution in [1.29, 1.82) is 0 Å². The van der Waals surface area contributed by atoms with Crippen LogP contribution in [-0.2, 0) is 0 Å². The number of para-hydroxylation sites is 2. The van der Waals surface area contributed by atoms with Gasteiger partial charge in [0.1, 0.15) is 0 Å². The Labute approximate surface area is 123 Å². The summed E-state index contributed by atoms with van der Waals surface area (Å²) >= 11 is 0. The Morgan fingerprint density at radius 1 is 1.10 bits per heavy atom. The first-order valence-electron chi connectivity index (χ1n) is 8.47. The molecule has 2 aliphatic rings. The highest BCUT2D eigenvalue weighted by molar-refractivity contribution is 5.70. The molecule has 110 valence electrons. The number of rotatable bonds is 4. The van der Waals surface area contributed by atoms with Gasteiger partial charge in [-0.2, -0.15) is 0 Å². The van der Waals surface area contributed by atoms with Crippen molar-refractivity contribution < 1.29 is 0 Å². The zero-order valence-electron chi connectivity index (χ0n) is 12.8. The number of hydrogen-bond donors (Lipinski definition) is 1. The number of nitrogens with zero attached hydrogens (tertiary/aromatic N) is 1. The molecule has 1 N–H and O–H groups in total. The van der Waals surface area contributed by atoms with Crippen molar-refractivity contribution in [2.45, 2.75) is 57.9 Å². The monoisotopic (exact) mass is 272 g/mol. The van der Waals surface area contributed by atoms with Gasteiger partial charge in [-0.05, 0) is 56.6 Å². The molecule has 2 unspecified atom stereocenters. The van der Waals surface area contributed by atoms with Gasteiger partial charge < -0.3 is 10.2 Å². The van der Waals surface area contributed by atoms with Crippen LogP contribution in [0.25, 0.3) is 0 Å². The second-order valence-corrected chi connectivity index (χ2v) is 6.49. The van der Waals surface area contributed by atoms with Crippen molar-refractivity contribution in [1.82, 2.24) is 0 Å². The Hall–Kier alpha value is -1.18. The first-order valence-corrected chi connectivity index (χ1v) is 8.47. The summed E-state index contributed by atoms with van der Waals surface area (Å²) in [6.07, 6.45) is 9.52. The van der Waals surface area contributed by atoms with Crippen LogP contribution >= 0.6 is 0 Å². The van der Waals surface area contributed by atoms with E-state index in [4.69, 9.17) is 0 Å². The summed E-state index contributed by atoms with van der Waals surface area (Å²) in [5, 5.41) is 3.83. The van der Waals surface area contributed by atoms with Gasteiger partial charge >= 0.3 is 0 Å². The Morgan fingerprint density at radius 2 is 1.90 bits per heavy atom. The lowest BCUT2D eigenvalue weighted by Gasteiger charge is -2.31. The van der Waals surface area contributed by atoms with Crippen LogP contribution < -0.4 is 10.2 Å². The summed E-state index contributed by atoms with van der Waals surface area (Å²) in [4.78, 5) is 2.57. The van der Waals surface area contributed by atoms with Gasteiger partial charge in [0, 0.05) is 19.1 Å². The van der Waals surface area contributed by atoms with E-state index in [1.165, 1.54) is 69.4 Å². The van der Waals surface area contributed by atoms with Gasteiger partial charge in [-0.1, -0.05) is 25.5 Å². The largest absolute Gasteiger partial charge is 0.381 e. The molecule has 20 heavy (non-hydrogen) atoms. The Kier molecular flexibility index (Phi) is 4.49. The van der Waals surface area contributed by atoms with Gasteiger partial charge in [0.25, 0.3) is 0 Å². The van der Waals surface area contributed by atoms with Crippen LogP contribution in [0, 0.1) is 5.92 Å². The molecule has 0 spiro atoms. The van der Waals surface area contributed by atoms with E-state index in [0.29, 0.717) is 6.04 Å². The minimum Gasteiger partial charge on any atom is -0.381 e. The highest BCUT2D eigenvalue weighted by Crippen LogP contribution is 2.34. The van der Waals surface area contributed by atoms with Gasteiger partial charge in [0.2, 0.25) is 0 Å². The van der Waals surface area contributed by atoms with E-state index >= 15 is 0 Å². The molecule has 1 saturated heterocycles. The SMILES string of the molecule is CCC1CCC(Nc2ccccc2N2CCCCC2)C1. The van der Waals surface area contributed by atoms with Crippen LogP contribution in [0.15, 0.2) is 24.3 Å². The first kappa shape index (κ1) is 13.8. The molecule has 1 aliphatic carbocycles. The number of hydrogen-bond acceptors (Lipinski definition) is 2. The molecular formula is C18H28N2. The quantitative estimate of drug-likeness (QED) is 0.857. The third-order valence-corrected chi connectivity index (χ3v) is 5.08. The van der Waals surface area contributed by atoms with E-state index < -0.39 is 0 Å². The lowest BCUT2D eigenvalue weighted by atomic mass is 10.1. The zero-order valence-corrected chi connectivity index (χ0v) is 12.8. The summed E-state index contributed by atoms with van der Waals surface area (Å²) < 4.78 is 0. The molecule has 2 heteroatoms. The summed E-state index contributed by atoms with van der Waals surface area (Å²) in [6, 6.07) is 9.59. The van der Waals surface area contributed by atoms with Crippen molar-refractivity contribution in [3.63, 3.8) is 0 Å². The Balaban J connectivity index is 1.69. The molecule has 0 amide bonds. The topological polar surface area (TPSA) is 15.3 Å². The van der Waals surface area contributed by atoms with Gasteiger partial charge in [0.05, 0.1) is 11.4 Å². The summed E-state index contributed by atoms with van der Waals surface area (Å²) in [6.45, 7) is 4.77. The van der Waals surface area contributed by atoms with Crippen LogP contribution in [0.1, 0.15) is 51.9 Å². The highest BCUT2D eigenvalue weighted by atomic mass is 15.2. The Morgan fingerprint density at radius 3 is 2.65 bits per heavy atom. The lowest BCUT2D eigenvalue weighted by molar-refractivity contribution is 0.525. The summed E-state index contributed by atoms with van der Waals surface area (Å²) in [5.41, 5.74) is 2.78. The Bertz CT molecular complexity index is 423. The molecule has 0 bridgehead atoms. The maximum atomic E-state index is 3.83. The molecule has 2 atom stereocenters. The molecule has 2 nitrogen and oxygen atoms in total. The van der Waals surface area contributed by atoms with E-state index in [1.807, 2.05) is 0 Å². The molecule has 1 saturated carbocycles. The van der Waals surface area contributed by atoms with Gasteiger partial charge in [-0.15, -0.1) is 0 Å². The van der Waals surface area contributed by atoms with E-state index in [0.717, 1.165) is 5.92 Å². The standard InChI is InChI=1S/C18H28N2/c1-2-15-10-11-16(14-15)19-17-8-4-5-9-18(17)20-12-6-3-7-13-20/h4-5,8-9,15-16,19H,2-3,6-7,10-14H2,1H3. The van der Waals surface area contributed by atoms with E-state index in [9.17, 15) is 0 Å². The third-order valence-electron chi connectivity index (χ3n) is 5.08. The molecule has 2 fully saturated rings. The number of piperidine rings is 1. The first-order chi connectivity index (χ1) is 9.86. The van der Waals surface area contributed by atoms with Gasteiger partial charge in [-0.25, -0.2) is 0 Å². The predicted octanol–water partition coefficient (Wildman–Crippen LogP) is 4.67. The number of anilines is 2. The van der Waals surface area contributed by atoms with E-state index in [-0.39, 0.29) is 0 Å². The molecule has 0 radical (unpaired) electrons. The normalized spacial score (nSPS) is 26.8. The average molecular weight is 272 g/mol. The van der Waals surface area contributed by atoms with Crippen LogP contribution in [0.4, 0.5) is 11.4 Å². The predicted molar refractivity (Wildman–Crippen MR) is 87.5 cm³/mol. The fourth-order valence-corrected chi connectivity index (χ4v) is 3.80. The maximum absolute atomic E-state index is 3.83. The van der Waals surface area contributed by atoms with Crippen molar-refractivity contribution in [3.8, 4) is 0 Å². The third kappa shape index (κ3) is 3.11. The van der Waals surface area contributed by atoms with E-state index in [2.05, 4.69) is 41.4 Å². The summed E-state index contributed by atoms with van der Waals surface area (Å²) in [5.74, 6) is 0.939.